The van der Waals surface area contributed by atoms with Crippen LogP contribution in [0.15, 0.2) is 48.9 Å². The van der Waals surface area contributed by atoms with E-state index in [9.17, 15) is 29.2 Å². The maximum atomic E-state index is 15.4. The van der Waals surface area contributed by atoms with Crippen molar-refractivity contribution in [3.8, 4) is 22.5 Å². The highest BCUT2D eigenvalue weighted by atomic mass is 32.1. The second-order valence-electron chi connectivity index (χ2n) is 15.4. The number of nitriles is 1. The number of halogens is 1. The number of carbonyl (C=O) groups excluding carboxylic acids is 5. The van der Waals surface area contributed by atoms with E-state index in [2.05, 4.69) is 37.2 Å². The summed E-state index contributed by atoms with van der Waals surface area (Å²) < 4.78 is 17.3. The predicted octanol–water partition coefficient (Wildman–Crippen LogP) is 3.36. The molecular weight excluding hydrogens is 792 g/mol. The van der Waals surface area contributed by atoms with Crippen LogP contribution in [0.5, 0.6) is 0 Å². The van der Waals surface area contributed by atoms with Gasteiger partial charge in [-0.05, 0) is 56.4 Å². The van der Waals surface area contributed by atoms with Crippen LogP contribution in [-0.2, 0) is 14.4 Å². The van der Waals surface area contributed by atoms with Crippen LogP contribution in [0.1, 0.15) is 75.7 Å². The highest BCUT2D eigenvalue weighted by Crippen LogP contribution is 2.39. The number of pyridine rings is 2. The highest BCUT2D eigenvalue weighted by Gasteiger charge is 2.45. The summed E-state index contributed by atoms with van der Waals surface area (Å²) in [6, 6.07) is 9.00. The van der Waals surface area contributed by atoms with Crippen molar-refractivity contribution in [2.45, 2.75) is 56.5 Å². The molecule has 19 heteroatoms. The summed E-state index contributed by atoms with van der Waals surface area (Å²) in [6.45, 7) is 1.98. The number of imide groups is 2. The third-order valence-electron chi connectivity index (χ3n) is 11.8. The number of amides is 5. The number of nitrogens with zero attached hydrogens (tertiary/aromatic N) is 9. The summed E-state index contributed by atoms with van der Waals surface area (Å²) in [7, 11) is 1.84. The van der Waals surface area contributed by atoms with Crippen LogP contribution < -0.4 is 20.9 Å². The largest absolute Gasteiger partial charge is 0.387 e. The molecule has 0 spiro atoms. The molecule has 3 N–H and O–H groups in total. The number of anilines is 2. The van der Waals surface area contributed by atoms with Gasteiger partial charge >= 0.3 is 0 Å². The first-order valence-electron chi connectivity index (χ1n) is 19.8. The maximum Gasteiger partial charge on any atom is 0.262 e. The standard InChI is InChI=1S/C41H39FN12O5S/c1-44-30-18-33(53-11-9-25-23(19-43)8-10-45-36(25)53)46-20-28(30)39-50-49-38(60-39)22-2-4-24(5-3-22)47-35(56)21-51-12-14-52(15-13-51)32-17-27-26(16-29(32)42)40(58)54(41(27)59)31-6-7-34(55)48-37(31)57/h8-11,16-18,20,22,24,31H,2-7,12-15,21H2,1H3,(H,44,46)(H,47,56)(H,48,55,57). The molecule has 1 aromatic carbocycles. The number of fused-ring (bicyclic) bond motifs is 2. The Balaban J connectivity index is 0.761. The SMILES string of the molecule is CNc1cc(-n2ccc3c(C#N)ccnc32)ncc1-c1nnc(C2CCC(NC(=O)CN3CCN(c4cc5c(cc4F)C(=O)N(C4CCC(=O)NC4=O)C5=O)CC3)CC2)s1. The number of piperazine rings is 1. The predicted molar refractivity (Wildman–Crippen MR) is 217 cm³/mol. The van der Waals surface area contributed by atoms with Gasteiger partial charge < -0.3 is 15.5 Å². The second kappa shape index (κ2) is 15.8. The smallest absolute Gasteiger partial charge is 0.262 e. The first-order valence-corrected chi connectivity index (χ1v) is 20.6. The van der Waals surface area contributed by atoms with Gasteiger partial charge in [-0.3, -0.25) is 43.7 Å². The molecule has 1 aliphatic carbocycles. The summed E-state index contributed by atoms with van der Waals surface area (Å²) in [6.07, 6.45) is 8.58. The monoisotopic (exact) mass is 830 g/mol. The van der Waals surface area contributed by atoms with Crippen molar-refractivity contribution < 1.29 is 28.4 Å². The van der Waals surface area contributed by atoms with Gasteiger partial charge in [0, 0.05) is 87.3 Å². The zero-order chi connectivity index (χ0) is 41.7. The van der Waals surface area contributed by atoms with E-state index in [1.165, 1.54) is 6.07 Å². The minimum absolute atomic E-state index is 0.00540. The van der Waals surface area contributed by atoms with Crippen LogP contribution >= 0.6 is 11.3 Å². The second-order valence-corrected chi connectivity index (χ2v) is 16.4. The zero-order valence-corrected chi connectivity index (χ0v) is 33.3. The Bertz CT molecular complexity index is 2620. The number of rotatable bonds is 9. The van der Waals surface area contributed by atoms with E-state index >= 15 is 4.39 Å². The Hall–Kier alpha value is -6.65. The number of benzene rings is 1. The third kappa shape index (κ3) is 7.11. The van der Waals surface area contributed by atoms with E-state index in [1.54, 1.807) is 34.7 Å². The molecule has 17 nitrogen and oxygen atoms in total. The first-order chi connectivity index (χ1) is 29.1. The van der Waals surface area contributed by atoms with Crippen molar-refractivity contribution in [3.63, 3.8) is 0 Å². The number of carbonyl (C=O) groups is 5. The van der Waals surface area contributed by atoms with Crippen LogP contribution in [0, 0.1) is 17.1 Å². The molecule has 9 rings (SSSR count). The van der Waals surface area contributed by atoms with Gasteiger partial charge in [0.05, 0.1) is 40.6 Å². The molecule has 4 aromatic heterocycles. The Kier molecular flexibility index (Phi) is 10.3. The fraction of sp³-hybridized carbons (Fsp3) is 0.366. The highest BCUT2D eigenvalue weighted by molar-refractivity contribution is 7.14. The summed E-state index contributed by atoms with van der Waals surface area (Å²) in [5.74, 6) is -2.49. The summed E-state index contributed by atoms with van der Waals surface area (Å²) in [5, 5.41) is 29.6. The van der Waals surface area contributed by atoms with Crippen molar-refractivity contribution in [1.82, 2.24) is 45.2 Å². The fourth-order valence-electron chi connectivity index (χ4n) is 8.61. The molecule has 1 atom stereocenters. The van der Waals surface area contributed by atoms with E-state index in [0.717, 1.165) is 63.3 Å². The van der Waals surface area contributed by atoms with Gasteiger partial charge in [0.25, 0.3) is 11.8 Å². The van der Waals surface area contributed by atoms with Gasteiger partial charge in [-0.15, -0.1) is 10.2 Å². The van der Waals surface area contributed by atoms with E-state index < -0.39 is 35.5 Å². The summed E-state index contributed by atoms with van der Waals surface area (Å²) in [5.41, 5.74) is 2.95. The van der Waals surface area contributed by atoms with Crippen LogP contribution in [0.3, 0.4) is 0 Å². The lowest BCUT2D eigenvalue weighted by atomic mass is 9.86. The van der Waals surface area contributed by atoms with Crippen molar-refractivity contribution in [2.24, 2.45) is 0 Å². The number of aromatic nitrogens is 5. The lowest BCUT2D eigenvalue weighted by Gasteiger charge is -2.36. The Morgan fingerprint density at radius 2 is 1.73 bits per heavy atom. The molecule has 5 aromatic rings. The molecule has 3 aliphatic heterocycles. The van der Waals surface area contributed by atoms with Gasteiger partial charge in [-0.25, -0.2) is 14.4 Å². The first kappa shape index (κ1) is 38.8. The molecule has 306 valence electrons. The summed E-state index contributed by atoms with van der Waals surface area (Å²) >= 11 is 1.55. The van der Waals surface area contributed by atoms with Crippen LogP contribution in [0.4, 0.5) is 15.8 Å². The number of hydrogen-bond donors (Lipinski definition) is 3. The minimum Gasteiger partial charge on any atom is -0.387 e. The molecule has 5 amide bonds. The topological polar surface area (TPSA) is 211 Å². The third-order valence-corrected chi connectivity index (χ3v) is 12.9. The quantitative estimate of drug-likeness (QED) is 0.182. The molecule has 7 heterocycles. The number of nitrogens with one attached hydrogen (secondary N) is 3. The van der Waals surface area contributed by atoms with E-state index in [0.29, 0.717) is 43.2 Å². The van der Waals surface area contributed by atoms with Crippen molar-refractivity contribution in [3.05, 3.63) is 76.4 Å². The van der Waals surface area contributed by atoms with Crippen LogP contribution in [-0.4, -0.2) is 116 Å². The van der Waals surface area contributed by atoms with Gasteiger partial charge in [0.1, 0.15) is 28.3 Å². The number of hydrogen-bond acceptors (Lipinski definition) is 14. The molecule has 4 aliphatic rings. The Labute approximate surface area is 346 Å². The lowest BCUT2D eigenvalue weighted by Crippen LogP contribution is -2.54. The van der Waals surface area contributed by atoms with Gasteiger partial charge in [-0.1, -0.05) is 11.3 Å². The van der Waals surface area contributed by atoms with E-state index in [-0.39, 0.29) is 54.1 Å². The molecule has 3 fully saturated rings. The molecule has 1 unspecified atom stereocenters. The van der Waals surface area contributed by atoms with E-state index in [4.69, 9.17) is 4.98 Å². The lowest BCUT2D eigenvalue weighted by molar-refractivity contribution is -0.136. The van der Waals surface area contributed by atoms with E-state index in [1.807, 2.05) is 34.8 Å². The fourth-order valence-corrected chi connectivity index (χ4v) is 9.65. The van der Waals surface area contributed by atoms with Gasteiger partial charge in [-0.2, -0.15) is 5.26 Å². The van der Waals surface area contributed by atoms with Crippen molar-refractivity contribution in [1.29, 1.82) is 5.26 Å². The molecular formula is C41H39FN12O5S. The van der Waals surface area contributed by atoms with Crippen molar-refractivity contribution >= 4 is 63.3 Å². The average Bonchev–Trinajstić information content (AvgIpc) is 3.98. The van der Waals surface area contributed by atoms with Crippen molar-refractivity contribution in [2.75, 3.05) is 50.0 Å². The average molecular weight is 831 g/mol. The Morgan fingerprint density at radius 3 is 2.47 bits per heavy atom. The van der Waals surface area contributed by atoms with Crippen LogP contribution in [0.2, 0.25) is 0 Å². The zero-order valence-electron chi connectivity index (χ0n) is 32.5. The normalized spacial score (nSPS) is 20.9. The summed E-state index contributed by atoms with van der Waals surface area (Å²) in [4.78, 5) is 77.3. The molecule has 0 bridgehead atoms. The Morgan fingerprint density at radius 1 is 0.967 bits per heavy atom. The van der Waals surface area contributed by atoms with Gasteiger partial charge in [0.15, 0.2) is 5.01 Å². The molecule has 60 heavy (non-hydrogen) atoms. The molecule has 1 saturated carbocycles. The molecule has 2 saturated heterocycles. The molecule has 0 radical (unpaired) electrons. The number of piperidine rings is 1. The van der Waals surface area contributed by atoms with Crippen LogP contribution in [0.25, 0.3) is 27.4 Å². The van der Waals surface area contributed by atoms with Gasteiger partial charge in [0.2, 0.25) is 17.7 Å². The minimum atomic E-state index is -1.13. The maximum absolute atomic E-state index is 15.4.